The fourth-order valence-electron chi connectivity index (χ4n) is 1.60. The maximum Gasteiger partial charge on any atom is 0.303 e. The lowest BCUT2D eigenvalue weighted by molar-refractivity contribution is -0.137. The van der Waals surface area contributed by atoms with Crippen LogP contribution in [0, 0.1) is 5.92 Å². The van der Waals surface area contributed by atoms with E-state index >= 15 is 0 Å². The average Bonchev–Trinajstić information content (AvgIpc) is 2.42. The average molecular weight is 245 g/mol. The molecule has 1 aromatic heterocycles. The van der Waals surface area contributed by atoms with E-state index in [2.05, 4.69) is 18.8 Å². The number of carboxylic acids is 1. The standard InChI is InChI=1S/C11H17ClN2O2/c1-7(2)6-8-11(12)13-9(14(8)3)4-5-10(15)16/h7H,4-6H2,1-3H3,(H,15,16). The van der Waals surface area contributed by atoms with Crippen molar-refractivity contribution in [3.63, 3.8) is 0 Å². The van der Waals surface area contributed by atoms with Gasteiger partial charge in [0.15, 0.2) is 5.15 Å². The van der Waals surface area contributed by atoms with Crippen LogP contribution in [0.3, 0.4) is 0 Å². The molecule has 4 nitrogen and oxygen atoms in total. The molecule has 0 saturated heterocycles. The number of nitrogens with zero attached hydrogens (tertiary/aromatic N) is 2. The van der Waals surface area contributed by atoms with Crippen molar-refractivity contribution in [3.8, 4) is 0 Å². The highest BCUT2D eigenvalue weighted by Crippen LogP contribution is 2.20. The summed E-state index contributed by atoms with van der Waals surface area (Å²) in [6, 6.07) is 0. The van der Waals surface area contributed by atoms with Crippen molar-refractivity contribution >= 4 is 17.6 Å². The van der Waals surface area contributed by atoms with Gasteiger partial charge >= 0.3 is 5.97 Å². The van der Waals surface area contributed by atoms with Crippen LogP contribution in [-0.2, 0) is 24.7 Å². The summed E-state index contributed by atoms with van der Waals surface area (Å²) in [6.07, 6.45) is 1.36. The highest BCUT2D eigenvalue weighted by Gasteiger charge is 2.14. The van der Waals surface area contributed by atoms with E-state index in [1.165, 1.54) is 0 Å². The number of carbonyl (C=O) groups is 1. The number of hydrogen-bond acceptors (Lipinski definition) is 2. The predicted octanol–water partition coefficient (Wildman–Crippen LogP) is 2.29. The molecule has 0 aliphatic heterocycles. The molecule has 0 unspecified atom stereocenters. The van der Waals surface area contributed by atoms with Gasteiger partial charge in [0.25, 0.3) is 0 Å². The van der Waals surface area contributed by atoms with Gasteiger partial charge in [0.05, 0.1) is 12.1 Å². The highest BCUT2D eigenvalue weighted by molar-refractivity contribution is 6.30. The van der Waals surface area contributed by atoms with Gasteiger partial charge in [-0.1, -0.05) is 25.4 Å². The maximum absolute atomic E-state index is 10.5. The molecule has 90 valence electrons. The molecule has 1 aromatic rings. The van der Waals surface area contributed by atoms with Crippen molar-refractivity contribution in [1.82, 2.24) is 9.55 Å². The van der Waals surface area contributed by atoms with E-state index < -0.39 is 5.97 Å². The number of hydrogen-bond donors (Lipinski definition) is 1. The Morgan fingerprint density at radius 3 is 2.69 bits per heavy atom. The largest absolute Gasteiger partial charge is 0.481 e. The number of rotatable bonds is 5. The number of carboxylic acid groups (broad SMARTS) is 1. The van der Waals surface area contributed by atoms with Crippen LogP contribution in [0.25, 0.3) is 0 Å². The summed E-state index contributed by atoms with van der Waals surface area (Å²) in [6.45, 7) is 4.22. The summed E-state index contributed by atoms with van der Waals surface area (Å²) in [5.41, 5.74) is 0.983. The Hall–Kier alpha value is -1.03. The first-order valence-corrected chi connectivity index (χ1v) is 5.71. The molecule has 0 bridgehead atoms. The number of aromatic nitrogens is 2. The van der Waals surface area contributed by atoms with E-state index in [0.29, 0.717) is 17.5 Å². The summed E-state index contributed by atoms with van der Waals surface area (Å²) >= 11 is 6.03. The Bertz CT molecular complexity index is 386. The van der Waals surface area contributed by atoms with Gasteiger partial charge in [-0.2, -0.15) is 0 Å². The lowest BCUT2D eigenvalue weighted by atomic mass is 10.1. The summed E-state index contributed by atoms with van der Waals surface area (Å²) in [5, 5.41) is 9.11. The van der Waals surface area contributed by atoms with Gasteiger partial charge in [-0.3, -0.25) is 4.79 Å². The third kappa shape index (κ3) is 3.23. The zero-order valence-electron chi connectivity index (χ0n) is 9.83. The van der Waals surface area contributed by atoms with E-state index in [1.807, 2.05) is 11.6 Å². The molecule has 0 aromatic carbocycles. The second-order valence-electron chi connectivity index (χ2n) is 4.32. The van der Waals surface area contributed by atoms with Crippen molar-refractivity contribution in [2.45, 2.75) is 33.1 Å². The smallest absolute Gasteiger partial charge is 0.303 e. The number of aryl methyl sites for hydroxylation is 1. The first-order chi connectivity index (χ1) is 7.41. The quantitative estimate of drug-likeness (QED) is 0.865. The molecule has 16 heavy (non-hydrogen) atoms. The van der Waals surface area contributed by atoms with Crippen LogP contribution < -0.4 is 0 Å². The zero-order valence-corrected chi connectivity index (χ0v) is 10.6. The lowest BCUT2D eigenvalue weighted by Crippen LogP contribution is -2.07. The third-order valence-electron chi connectivity index (χ3n) is 2.42. The van der Waals surface area contributed by atoms with Gasteiger partial charge in [0.2, 0.25) is 0 Å². The molecule has 5 heteroatoms. The maximum atomic E-state index is 10.5. The van der Waals surface area contributed by atoms with Crippen LogP contribution in [0.5, 0.6) is 0 Å². The molecule has 0 aliphatic rings. The number of halogens is 1. The molecule has 0 amide bonds. The second kappa shape index (κ2) is 5.34. The Balaban J connectivity index is 2.84. The molecule has 0 radical (unpaired) electrons. The van der Waals surface area contributed by atoms with E-state index in [1.54, 1.807) is 0 Å². The molecule has 1 N–H and O–H groups in total. The van der Waals surface area contributed by atoms with E-state index in [0.717, 1.165) is 17.9 Å². The Kier molecular flexibility index (Phi) is 4.35. The van der Waals surface area contributed by atoms with Crippen LogP contribution in [0.2, 0.25) is 5.15 Å². The van der Waals surface area contributed by atoms with Crippen LogP contribution in [0.1, 0.15) is 31.8 Å². The molecular formula is C11H17ClN2O2. The monoisotopic (exact) mass is 244 g/mol. The zero-order chi connectivity index (χ0) is 12.3. The van der Waals surface area contributed by atoms with Gasteiger partial charge in [-0.05, 0) is 12.3 Å². The summed E-state index contributed by atoms with van der Waals surface area (Å²) in [4.78, 5) is 14.7. The molecule has 0 aliphatic carbocycles. The molecular weight excluding hydrogens is 228 g/mol. The van der Waals surface area contributed by atoms with Gasteiger partial charge in [0, 0.05) is 13.5 Å². The van der Waals surface area contributed by atoms with Crippen LogP contribution in [-0.4, -0.2) is 20.6 Å². The topological polar surface area (TPSA) is 55.1 Å². The summed E-state index contributed by atoms with van der Waals surface area (Å²) in [7, 11) is 1.88. The first kappa shape index (κ1) is 13.0. The van der Waals surface area contributed by atoms with Crippen molar-refractivity contribution in [2.75, 3.05) is 0 Å². The molecule has 1 rings (SSSR count). The summed E-state index contributed by atoms with van der Waals surface area (Å²) in [5.74, 6) is 0.424. The SMILES string of the molecule is CC(C)Cc1c(Cl)nc(CCC(=O)O)n1C. The van der Waals surface area contributed by atoms with Gasteiger partial charge in [-0.25, -0.2) is 4.98 Å². The van der Waals surface area contributed by atoms with E-state index in [4.69, 9.17) is 16.7 Å². The fraction of sp³-hybridized carbons (Fsp3) is 0.636. The molecule has 0 atom stereocenters. The van der Waals surface area contributed by atoms with Crippen molar-refractivity contribution in [1.29, 1.82) is 0 Å². The van der Waals surface area contributed by atoms with E-state index in [-0.39, 0.29) is 6.42 Å². The van der Waals surface area contributed by atoms with Crippen molar-refractivity contribution < 1.29 is 9.90 Å². The van der Waals surface area contributed by atoms with Crippen LogP contribution >= 0.6 is 11.6 Å². The summed E-state index contributed by atoms with van der Waals surface area (Å²) < 4.78 is 1.91. The third-order valence-corrected chi connectivity index (χ3v) is 2.72. The molecule has 0 fully saturated rings. The van der Waals surface area contributed by atoms with Crippen LogP contribution in [0.15, 0.2) is 0 Å². The van der Waals surface area contributed by atoms with Gasteiger partial charge in [0.1, 0.15) is 5.82 Å². The number of imidazole rings is 1. The van der Waals surface area contributed by atoms with Crippen molar-refractivity contribution in [3.05, 3.63) is 16.7 Å². The fourth-order valence-corrected chi connectivity index (χ4v) is 1.90. The minimum absolute atomic E-state index is 0.0856. The Morgan fingerprint density at radius 1 is 1.56 bits per heavy atom. The normalized spacial score (nSPS) is 11.1. The first-order valence-electron chi connectivity index (χ1n) is 5.33. The number of aliphatic carboxylic acids is 1. The molecule has 0 saturated carbocycles. The predicted molar refractivity (Wildman–Crippen MR) is 62.7 cm³/mol. The van der Waals surface area contributed by atoms with Gasteiger partial charge in [-0.15, -0.1) is 0 Å². The van der Waals surface area contributed by atoms with Gasteiger partial charge < -0.3 is 9.67 Å². The highest BCUT2D eigenvalue weighted by atomic mass is 35.5. The lowest BCUT2D eigenvalue weighted by Gasteiger charge is -2.07. The minimum atomic E-state index is -0.815. The van der Waals surface area contributed by atoms with Crippen molar-refractivity contribution in [2.24, 2.45) is 13.0 Å². The Labute approximate surface area is 100 Å². The van der Waals surface area contributed by atoms with E-state index in [9.17, 15) is 4.79 Å². The molecule has 0 spiro atoms. The Morgan fingerprint density at radius 2 is 2.19 bits per heavy atom. The second-order valence-corrected chi connectivity index (χ2v) is 4.67. The molecule has 1 heterocycles. The van der Waals surface area contributed by atoms with Crippen LogP contribution in [0.4, 0.5) is 0 Å². The minimum Gasteiger partial charge on any atom is -0.481 e.